The SMILES string of the molecule is Cc1cc(C(=O)NCC(=O)N2CCCC2)c(C)n1Cc1ccccc1. The molecule has 1 aliphatic heterocycles. The summed E-state index contributed by atoms with van der Waals surface area (Å²) in [6.45, 7) is 6.37. The van der Waals surface area contributed by atoms with E-state index in [1.165, 1.54) is 5.56 Å². The molecule has 1 N–H and O–H groups in total. The monoisotopic (exact) mass is 339 g/mol. The second-order valence-corrected chi connectivity index (χ2v) is 6.63. The van der Waals surface area contributed by atoms with Gasteiger partial charge in [0.2, 0.25) is 5.91 Å². The first kappa shape index (κ1) is 17.3. The second-order valence-electron chi connectivity index (χ2n) is 6.63. The van der Waals surface area contributed by atoms with Gasteiger partial charge in [-0.05, 0) is 38.3 Å². The molecule has 2 heterocycles. The van der Waals surface area contributed by atoms with Gasteiger partial charge in [0.15, 0.2) is 0 Å². The van der Waals surface area contributed by atoms with Gasteiger partial charge in [-0.2, -0.15) is 0 Å². The number of nitrogens with one attached hydrogen (secondary N) is 1. The van der Waals surface area contributed by atoms with E-state index in [4.69, 9.17) is 0 Å². The quantitative estimate of drug-likeness (QED) is 0.910. The van der Waals surface area contributed by atoms with E-state index in [2.05, 4.69) is 22.0 Å². The first-order valence-corrected chi connectivity index (χ1v) is 8.83. The number of hydrogen-bond acceptors (Lipinski definition) is 2. The van der Waals surface area contributed by atoms with E-state index < -0.39 is 0 Å². The van der Waals surface area contributed by atoms with Crippen LogP contribution in [0.5, 0.6) is 0 Å². The predicted molar refractivity (Wildman–Crippen MR) is 97.6 cm³/mol. The van der Waals surface area contributed by atoms with Crippen LogP contribution in [-0.4, -0.2) is 40.9 Å². The Balaban J connectivity index is 1.66. The molecule has 5 heteroatoms. The summed E-state index contributed by atoms with van der Waals surface area (Å²) in [4.78, 5) is 26.4. The molecule has 2 aromatic rings. The molecule has 1 aliphatic rings. The Morgan fingerprint density at radius 3 is 2.44 bits per heavy atom. The Kier molecular flexibility index (Phi) is 5.22. The van der Waals surface area contributed by atoms with Gasteiger partial charge in [0, 0.05) is 31.0 Å². The Bertz CT molecular complexity index is 759. The minimum atomic E-state index is -0.181. The van der Waals surface area contributed by atoms with Crippen LogP contribution in [-0.2, 0) is 11.3 Å². The van der Waals surface area contributed by atoms with Crippen LogP contribution in [0.25, 0.3) is 0 Å². The third-order valence-corrected chi connectivity index (χ3v) is 4.86. The highest BCUT2D eigenvalue weighted by Gasteiger charge is 2.20. The lowest BCUT2D eigenvalue weighted by Gasteiger charge is -2.15. The lowest BCUT2D eigenvalue weighted by Crippen LogP contribution is -2.38. The third-order valence-electron chi connectivity index (χ3n) is 4.86. The zero-order valence-corrected chi connectivity index (χ0v) is 14.9. The topological polar surface area (TPSA) is 54.3 Å². The normalized spacial score (nSPS) is 13.9. The summed E-state index contributed by atoms with van der Waals surface area (Å²) in [6.07, 6.45) is 2.11. The van der Waals surface area contributed by atoms with Gasteiger partial charge in [0.25, 0.3) is 5.91 Å². The van der Waals surface area contributed by atoms with Crippen molar-refractivity contribution in [3.8, 4) is 0 Å². The lowest BCUT2D eigenvalue weighted by molar-refractivity contribution is -0.129. The van der Waals surface area contributed by atoms with E-state index in [0.29, 0.717) is 5.56 Å². The molecule has 1 aromatic carbocycles. The van der Waals surface area contributed by atoms with Crippen LogP contribution in [0.1, 0.15) is 40.2 Å². The molecule has 0 bridgehead atoms. The van der Waals surface area contributed by atoms with Gasteiger partial charge in [-0.15, -0.1) is 0 Å². The van der Waals surface area contributed by atoms with Gasteiger partial charge >= 0.3 is 0 Å². The van der Waals surface area contributed by atoms with Crippen molar-refractivity contribution in [1.82, 2.24) is 14.8 Å². The molecule has 1 aromatic heterocycles. The molecule has 0 aliphatic carbocycles. The molecule has 0 saturated carbocycles. The van der Waals surface area contributed by atoms with Gasteiger partial charge in [-0.1, -0.05) is 30.3 Å². The number of nitrogens with zero attached hydrogens (tertiary/aromatic N) is 2. The highest BCUT2D eigenvalue weighted by atomic mass is 16.2. The molecule has 3 rings (SSSR count). The van der Waals surface area contributed by atoms with Gasteiger partial charge < -0.3 is 14.8 Å². The van der Waals surface area contributed by atoms with Gasteiger partial charge in [0.1, 0.15) is 0 Å². The average molecular weight is 339 g/mol. The van der Waals surface area contributed by atoms with E-state index in [1.807, 2.05) is 43.0 Å². The van der Waals surface area contributed by atoms with Crippen molar-refractivity contribution < 1.29 is 9.59 Å². The van der Waals surface area contributed by atoms with Crippen LogP contribution in [0.3, 0.4) is 0 Å². The summed E-state index contributed by atoms with van der Waals surface area (Å²) >= 11 is 0. The number of carbonyl (C=O) groups is 2. The number of rotatable bonds is 5. The fourth-order valence-corrected chi connectivity index (χ4v) is 3.37. The van der Waals surface area contributed by atoms with E-state index in [0.717, 1.165) is 43.9 Å². The number of aryl methyl sites for hydroxylation is 1. The molecule has 25 heavy (non-hydrogen) atoms. The van der Waals surface area contributed by atoms with Crippen LogP contribution >= 0.6 is 0 Å². The van der Waals surface area contributed by atoms with Crippen LogP contribution in [0.4, 0.5) is 0 Å². The first-order valence-electron chi connectivity index (χ1n) is 8.83. The van der Waals surface area contributed by atoms with Crippen LogP contribution < -0.4 is 5.32 Å². The minimum Gasteiger partial charge on any atom is -0.344 e. The fraction of sp³-hybridized carbons (Fsp3) is 0.400. The maximum absolute atomic E-state index is 12.5. The molecule has 5 nitrogen and oxygen atoms in total. The summed E-state index contributed by atoms with van der Waals surface area (Å²) in [7, 11) is 0. The van der Waals surface area contributed by atoms with Crippen molar-refractivity contribution in [3.05, 3.63) is 58.9 Å². The fourth-order valence-electron chi connectivity index (χ4n) is 3.37. The number of hydrogen-bond donors (Lipinski definition) is 1. The number of amides is 2. The average Bonchev–Trinajstić information content (AvgIpc) is 3.25. The zero-order valence-electron chi connectivity index (χ0n) is 14.9. The standard InChI is InChI=1S/C20H25N3O2/c1-15-12-18(16(2)23(15)14-17-8-4-3-5-9-17)20(25)21-13-19(24)22-10-6-7-11-22/h3-5,8-9,12H,6-7,10-11,13-14H2,1-2H3,(H,21,25). The zero-order chi connectivity index (χ0) is 17.8. The molecule has 1 saturated heterocycles. The molecule has 0 atom stereocenters. The van der Waals surface area contributed by atoms with Gasteiger partial charge in [-0.3, -0.25) is 9.59 Å². The minimum absolute atomic E-state index is 0.00365. The highest BCUT2D eigenvalue weighted by Crippen LogP contribution is 2.17. The molecule has 0 spiro atoms. The predicted octanol–water partition coefficient (Wildman–Crippen LogP) is 2.51. The number of carbonyl (C=O) groups excluding carboxylic acids is 2. The van der Waals surface area contributed by atoms with Gasteiger partial charge in [-0.25, -0.2) is 0 Å². The van der Waals surface area contributed by atoms with Crippen molar-refractivity contribution >= 4 is 11.8 Å². The Hall–Kier alpha value is -2.56. The van der Waals surface area contributed by atoms with Crippen molar-refractivity contribution in [1.29, 1.82) is 0 Å². The lowest BCUT2D eigenvalue weighted by atomic mass is 10.2. The van der Waals surface area contributed by atoms with E-state index >= 15 is 0 Å². The number of aromatic nitrogens is 1. The van der Waals surface area contributed by atoms with Crippen LogP contribution in [0.15, 0.2) is 36.4 Å². The maximum atomic E-state index is 12.5. The highest BCUT2D eigenvalue weighted by molar-refractivity contribution is 5.97. The second kappa shape index (κ2) is 7.55. The summed E-state index contributed by atoms with van der Waals surface area (Å²) in [5, 5.41) is 2.78. The van der Waals surface area contributed by atoms with Crippen molar-refractivity contribution in [2.24, 2.45) is 0 Å². The summed E-state index contributed by atoms with van der Waals surface area (Å²) in [5.41, 5.74) is 3.80. The van der Waals surface area contributed by atoms with E-state index in [1.54, 1.807) is 0 Å². The summed E-state index contributed by atoms with van der Waals surface area (Å²) < 4.78 is 2.13. The molecular formula is C20H25N3O2. The Morgan fingerprint density at radius 2 is 1.76 bits per heavy atom. The molecule has 0 radical (unpaired) electrons. The molecule has 2 amide bonds. The smallest absolute Gasteiger partial charge is 0.253 e. The van der Waals surface area contributed by atoms with E-state index in [9.17, 15) is 9.59 Å². The molecule has 0 unspecified atom stereocenters. The molecular weight excluding hydrogens is 314 g/mol. The van der Waals surface area contributed by atoms with Crippen LogP contribution in [0.2, 0.25) is 0 Å². The van der Waals surface area contributed by atoms with Crippen molar-refractivity contribution in [2.75, 3.05) is 19.6 Å². The maximum Gasteiger partial charge on any atom is 0.253 e. The van der Waals surface area contributed by atoms with Gasteiger partial charge in [0.05, 0.1) is 12.1 Å². The molecule has 132 valence electrons. The van der Waals surface area contributed by atoms with Crippen molar-refractivity contribution in [2.45, 2.75) is 33.2 Å². The first-order chi connectivity index (χ1) is 12.1. The van der Waals surface area contributed by atoms with Crippen molar-refractivity contribution in [3.63, 3.8) is 0 Å². The third kappa shape index (κ3) is 3.92. The largest absolute Gasteiger partial charge is 0.344 e. The number of likely N-dealkylation sites (tertiary alicyclic amines) is 1. The Morgan fingerprint density at radius 1 is 1.08 bits per heavy atom. The van der Waals surface area contributed by atoms with E-state index in [-0.39, 0.29) is 18.4 Å². The number of benzene rings is 1. The Labute approximate surface area is 148 Å². The summed E-state index contributed by atoms with van der Waals surface area (Å²) in [5.74, 6) is -0.177. The molecule has 1 fully saturated rings. The summed E-state index contributed by atoms with van der Waals surface area (Å²) in [6, 6.07) is 12.1. The van der Waals surface area contributed by atoms with Crippen LogP contribution in [0, 0.1) is 13.8 Å².